The van der Waals surface area contributed by atoms with Gasteiger partial charge >= 0.3 is 0 Å². The third-order valence-electron chi connectivity index (χ3n) is 4.56. The Morgan fingerprint density at radius 1 is 1.25 bits per heavy atom. The van der Waals surface area contributed by atoms with Gasteiger partial charge in [0.05, 0.1) is 0 Å². The molecule has 0 fully saturated rings. The van der Waals surface area contributed by atoms with Gasteiger partial charge in [0, 0.05) is 0 Å². The summed E-state index contributed by atoms with van der Waals surface area (Å²) >= 11 is 0. The molecule has 0 unspecified atom stereocenters. The highest BCUT2D eigenvalue weighted by atomic mass is 14.2. The molecule has 0 aliphatic heterocycles. The van der Waals surface area contributed by atoms with Crippen molar-refractivity contribution in [3.8, 4) is 0 Å². The lowest BCUT2D eigenvalue weighted by atomic mass is 9.87. The van der Waals surface area contributed by atoms with Crippen LogP contribution < -0.4 is 0 Å². The summed E-state index contributed by atoms with van der Waals surface area (Å²) in [5.41, 5.74) is 4.66. The van der Waals surface area contributed by atoms with Gasteiger partial charge in [0.25, 0.3) is 0 Å². The van der Waals surface area contributed by atoms with Crippen molar-refractivity contribution in [3.63, 3.8) is 0 Å². The Morgan fingerprint density at radius 3 is 2.70 bits per heavy atom. The summed E-state index contributed by atoms with van der Waals surface area (Å²) in [7, 11) is 0. The molecule has 0 aromatic carbocycles. The smallest absolute Gasteiger partial charge is 0.0226 e. The van der Waals surface area contributed by atoms with E-state index in [0.29, 0.717) is 0 Å². The van der Waals surface area contributed by atoms with Crippen molar-refractivity contribution in [2.24, 2.45) is 11.8 Å². The Kier molecular flexibility index (Phi) is 7.95. The predicted molar refractivity (Wildman–Crippen MR) is 91.9 cm³/mol. The van der Waals surface area contributed by atoms with E-state index >= 15 is 0 Å². The second-order valence-electron chi connectivity index (χ2n) is 7.05. The van der Waals surface area contributed by atoms with E-state index in [1.54, 1.807) is 11.1 Å². The lowest BCUT2D eigenvalue weighted by Crippen LogP contribution is -2.04. The Morgan fingerprint density at radius 2 is 2.00 bits per heavy atom. The van der Waals surface area contributed by atoms with Gasteiger partial charge in [-0.1, -0.05) is 55.2 Å². The summed E-state index contributed by atoms with van der Waals surface area (Å²) in [4.78, 5) is 0. The first-order valence-electron chi connectivity index (χ1n) is 8.48. The van der Waals surface area contributed by atoms with Crippen molar-refractivity contribution in [3.05, 3.63) is 34.9 Å². The molecule has 1 rings (SSSR count). The van der Waals surface area contributed by atoms with Crippen molar-refractivity contribution in [2.75, 3.05) is 0 Å². The van der Waals surface area contributed by atoms with Gasteiger partial charge in [-0.2, -0.15) is 0 Å². The van der Waals surface area contributed by atoms with Crippen LogP contribution in [0, 0.1) is 11.8 Å². The van der Waals surface area contributed by atoms with Crippen LogP contribution in [0.2, 0.25) is 0 Å². The summed E-state index contributed by atoms with van der Waals surface area (Å²) in [6, 6.07) is 0. The average Bonchev–Trinajstić information content (AvgIpc) is 2.37. The molecule has 0 amide bonds. The summed E-state index contributed by atoms with van der Waals surface area (Å²) in [6.45, 7) is 11.5. The van der Waals surface area contributed by atoms with E-state index in [9.17, 15) is 0 Å². The van der Waals surface area contributed by atoms with E-state index in [0.717, 1.165) is 11.8 Å². The first kappa shape index (κ1) is 17.3. The molecule has 1 aliphatic rings. The zero-order chi connectivity index (χ0) is 15.0. The van der Waals surface area contributed by atoms with Crippen molar-refractivity contribution in [1.82, 2.24) is 0 Å². The minimum atomic E-state index is 0.723. The van der Waals surface area contributed by atoms with Crippen molar-refractivity contribution in [1.29, 1.82) is 0 Å². The molecule has 20 heavy (non-hydrogen) atoms. The Hall–Kier alpha value is -0.780. The van der Waals surface area contributed by atoms with E-state index in [-0.39, 0.29) is 0 Å². The molecule has 0 bridgehead atoms. The Bertz CT molecular complexity index is 363. The second-order valence-corrected chi connectivity index (χ2v) is 7.05. The lowest BCUT2D eigenvalue weighted by Gasteiger charge is -2.19. The van der Waals surface area contributed by atoms with Gasteiger partial charge in [-0.3, -0.25) is 0 Å². The van der Waals surface area contributed by atoms with E-state index in [4.69, 9.17) is 0 Å². The van der Waals surface area contributed by atoms with E-state index in [1.165, 1.54) is 50.5 Å². The lowest BCUT2D eigenvalue weighted by molar-refractivity contribution is 0.457. The van der Waals surface area contributed by atoms with E-state index in [1.807, 2.05) is 0 Å². The van der Waals surface area contributed by atoms with Crippen molar-refractivity contribution >= 4 is 0 Å². The maximum absolute atomic E-state index is 2.43. The normalized spacial score (nSPS) is 27.8. The highest BCUT2D eigenvalue weighted by molar-refractivity contribution is 5.19. The molecule has 114 valence electrons. The molecule has 0 saturated heterocycles. The van der Waals surface area contributed by atoms with Crippen LogP contribution in [0.15, 0.2) is 34.9 Å². The molecule has 0 heterocycles. The van der Waals surface area contributed by atoms with Gasteiger partial charge in [0.15, 0.2) is 0 Å². The van der Waals surface area contributed by atoms with Crippen LogP contribution in [0.25, 0.3) is 0 Å². The van der Waals surface area contributed by atoms with Gasteiger partial charge in [-0.25, -0.2) is 0 Å². The predicted octanol–water partition coefficient (Wildman–Crippen LogP) is 6.84. The molecule has 1 aliphatic carbocycles. The Balaban J connectivity index is 2.67. The molecule has 0 aromatic rings. The summed E-state index contributed by atoms with van der Waals surface area (Å²) < 4.78 is 0. The van der Waals surface area contributed by atoms with E-state index < -0.39 is 0 Å². The fourth-order valence-corrected chi connectivity index (χ4v) is 2.92. The quantitative estimate of drug-likeness (QED) is 0.492. The minimum Gasteiger partial charge on any atom is -0.0859 e. The van der Waals surface area contributed by atoms with Crippen molar-refractivity contribution in [2.45, 2.75) is 79.6 Å². The van der Waals surface area contributed by atoms with Crippen LogP contribution in [0.5, 0.6) is 0 Å². The average molecular weight is 274 g/mol. The molecular weight excluding hydrogens is 240 g/mol. The number of rotatable bonds is 4. The molecule has 0 spiro atoms. The summed E-state index contributed by atoms with van der Waals surface area (Å²) in [5.74, 6) is 1.61. The van der Waals surface area contributed by atoms with Gasteiger partial charge in [0.1, 0.15) is 0 Å². The van der Waals surface area contributed by atoms with Crippen LogP contribution in [-0.2, 0) is 0 Å². The van der Waals surface area contributed by atoms with Crippen molar-refractivity contribution < 1.29 is 0 Å². The van der Waals surface area contributed by atoms with Crippen LogP contribution in [0.4, 0.5) is 0 Å². The fourth-order valence-electron chi connectivity index (χ4n) is 2.92. The maximum atomic E-state index is 2.43. The van der Waals surface area contributed by atoms with Gasteiger partial charge in [-0.15, -0.1) is 0 Å². The third kappa shape index (κ3) is 7.12. The first-order valence-corrected chi connectivity index (χ1v) is 8.48. The molecule has 0 nitrogen and oxygen atoms in total. The fraction of sp³-hybridized carbons (Fsp3) is 0.700. The van der Waals surface area contributed by atoms with Gasteiger partial charge in [0.2, 0.25) is 0 Å². The topological polar surface area (TPSA) is 0 Å². The second kappa shape index (κ2) is 9.21. The Labute approximate surface area is 127 Å². The summed E-state index contributed by atoms with van der Waals surface area (Å²) in [6.07, 6.45) is 16.4. The van der Waals surface area contributed by atoms with Crippen LogP contribution in [-0.4, -0.2) is 0 Å². The first-order chi connectivity index (χ1) is 9.49. The maximum Gasteiger partial charge on any atom is -0.0226 e. The molecule has 0 heteroatoms. The molecule has 0 N–H and O–H groups in total. The van der Waals surface area contributed by atoms with E-state index in [2.05, 4.69) is 52.8 Å². The molecule has 2 atom stereocenters. The molecule has 0 saturated carbocycles. The third-order valence-corrected chi connectivity index (χ3v) is 4.56. The van der Waals surface area contributed by atoms with Crippen LogP contribution >= 0.6 is 0 Å². The SMILES string of the molecule is CC(C)=CCC[C@@H](C)/C1=C/C=C(\C)CCC[C@@H](C)CC1. The van der Waals surface area contributed by atoms with Crippen LogP contribution in [0.1, 0.15) is 79.6 Å². The number of hydrogen-bond donors (Lipinski definition) is 0. The number of hydrogen-bond acceptors (Lipinski definition) is 0. The zero-order valence-electron chi connectivity index (χ0n) is 14.3. The molecule has 0 radical (unpaired) electrons. The number of allylic oxidation sites excluding steroid dienone is 6. The standard InChI is InChI=1S/C20H34/c1-16(2)8-6-11-19(5)20-14-12-17(3)9-7-10-18(4)13-15-20/h8,12,14,18-19H,6-7,9-11,13,15H2,1-5H3/b17-12+,20-14+/t18-,19-/m1/s1. The zero-order valence-corrected chi connectivity index (χ0v) is 14.3. The largest absolute Gasteiger partial charge is 0.0859 e. The highest BCUT2D eigenvalue weighted by Crippen LogP contribution is 2.27. The molecule has 0 aromatic heterocycles. The monoisotopic (exact) mass is 274 g/mol. The van der Waals surface area contributed by atoms with Gasteiger partial charge in [-0.05, 0) is 71.1 Å². The van der Waals surface area contributed by atoms with Gasteiger partial charge < -0.3 is 0 Å². The van der Waals surface area contributed by atoms with Crippen LogP contribution in [0.3, 0.4) is 0 Å². The minimum absolute atomic E-state index is 0.723. The highest BCUT2D eigenvalue weighted by Gasteiger charge is 2.11. The summed E-state index contributed by atoms with van der Waals surface area (Å²) in [5, 5.41) is 0. The molecular formula is C20H34.